The fourth-order valence-electron chi connectivity index (χ4n) is 6.36. The summed E-state index contributed by atoms with van der Waals surface area (Å²) in [6.45, 7) is 0. The van der Waals surface area contributed by atoms with E-state index in [1.807, 2.05) is 12.3 Å². The Morgan fingerprint density at radius 1 is 0.833 bits per heavy atom. The molecule has 1 N–H and O–H groups in total. The minimum Gasteiger partial charge on any atom is -0.363 e. The Labute approximate surface area is 144 Å². The van der Waals surface area contributed by atoms with E-state index >= 15 is 0 Å². The summed E-state index contributed by atoms with van der Waals surface area (Å²) >= 11 is 0. The van der Waals surface area contributed by atoms with Crippen LogP contribution in [0.5, 0.6) is 0 Å². The largest absolute Gasteiger partial charge is 0.363 e. The van der Waals surface area contributed by atoms with Gasteiger partial charge in [0.15, 0.2) is 0 Å². The van der Waals surface area contributed by atoms with Gasteiger partial charge in [0.1, 0.15) is 5.82 Å². The second kappa shape index (κ2) is 5.61. The second-order valence-electron chi connectivity index (χ2n) is 8.48. The Balaban J connectivity index is 1.54. The van der Waals surface area contributed by atoms with Crippen molar-refractivity contribution in [3.63, 3.8) is 0 Å². The van der Waals surface area contributed by atoms with Crippen LogP contribution in [0.15, 0.2) is 54.7 Å². The van der Waals surface area contributed by atoms with Gasteiger partial charge in [-0.05, 0) is 79.4 Å². The summed E-state index contributed by atoms with van der Waals surface area (Å²) in [4.78, 5) is 4.56. The Morgan fingerprint density at radius 3 is 2.04 bits per heavy atom. The molecule has 4 saturated carbocycles. The highest BCUT2D eigenvalue weighted by atomic mass is 15.0. The Kier molecular flexibility index (Phi) is 3.39. The summed E-state index contributed by atoms with van der Waals surface area (Å²) < 4.78 is 0. The summed E-state index contributed by atoms with van der Waals surface area (Å²) in [5.41, 5.74) is 1.86. The van der Waals surface area contributed by atoms with Crippen LogP contribution >= 0.6 is 0 Å². The average molecular weight is 318 g/mol. The summed E-state index contributed by atoms with van der Waals surface area (Å²) in [7, 11) is 0. The topological polar surface area (TPSA) is 24.9 Å². The summed E-state index contributed by atoms with van der Waals surface area (Å²) in [5.74, 6) is 3.91. The third-order valence-electron chi connectivity index (χ3n) is 6.79. The standard InChI is InChI=1S/C22H26N2/c1-2-6-19(7-3-1)21(24-20-8-4-5-9-23-20)22-13-16-10-17(14-22)12-18(11-16)15-22/h1-9,16-18,21H,10-15H2,(H,23,24). The van der Waals surface area contributed by atoms with Crippen LogP contribution in [-0.2, 0) is 0 Å². The number of pyridine rings is 1. The van der Waals surface area contributed by atoms with Gasteiger partial charge in [-0.3, -0.25) is 0 Å². The van der Waals surface area contributed by atoms with Gasteiger partial charge in [0.2, 0.25) is 0 Å². The third-order valence-corrected chi connectivity index (χ3v) is 6.79. The Bertz CT molecular complexity index is 659. The maximum atomic E-state index is 4.56. The Morgan fingerprint density at radius 2 is 1.46 bits per heavy atom. The summed E-state index contributed by atoms with van der Waals surface area (Å²) in [5, 5.41) is 3.84. The lowest BCUT2D eigenvalue weighted by Crippen LogP contribution is -2.50. The third kappa shape index (κ3) is 2.44. The minimum atomic E-state index is 0.391. The van der Waals surface area contributed by atoms with Gasteiger partial charge in [-0.1, -0.05) is 36.4 Å². The molecule has 24 heavy (non-hydrogen) atoms. The van der Waals surface area contributed by atoms with E-state index in [0.29, 0.717) is 11.5 Å². The maximum absolute atomic E-state index is 4.56. The van der Waals surface area contributed by atoms with Crippen molar-refractivity contribution < 1.29 is 0 Å². The lowest BCUT2D eigenvalue weighted by Gasteiger charge is -2.59. The zero-order valence-corrected chi connectivity index (χ0v) is 14.2. The molecule has 0 spiro atoms. The predicted molar refractivity (Wildman–Crippen MR) is 97.6 cm³/mol. The highest BCUT2D eigenvalue weighted by Crippen LogP contribution is 2.64. The fourth-order valence-corrected chi connectivity index (χ4v) is 6.36. The number of aromatic nitrogens is 1. The molecule has 124 valence electrons. The number of hydrogen-bond donors (Lipinski definition) is 1. The van der Waals surface area contributed by atoms with Gasteiger partial charge in [-0.2, -0.15) is 0 Å². The lowest BCUT2D eigenvalue weighted by molar-refractivity contribution is -0.0640. The zero-order chi connectivity index (χ0) is 16.0. The van der Waals surface area contributed by atoms with E-state index in [2.05, 4.69) is 52.8 Å². The van der Waals surface area contributed by atoms with E-state index in [0.717, 1.165) is 23.6 Å². The maximum Gasteiger partial charge on any atom is 0.126 e. The van der Waals surface area contributed by atoms with Gasteiger partial charge in [0.05, 0.1) is 6.04 Å². The van der Waals surface area contributed by atoms with E-state index in [4.69, 9.17) is 0 Å². The van der Waals surface area contributed by atoms with E-state index in [1.54, 1.807) is 0 Å². The van der Waals surface area contributed by atoms with E-state index in [9.17, 15) is 0 Å². The molecule has 4 aliphatic carbocycles. The predicted octanol–water partition coefficient (Wildman–Crippen LogP) is 5.45. The van der Waals surface area contributed by atoms with Crippen LogP contribution < -0.4 is 5.32 Å². The first-order chi connectivity index (χ1) is 11.8. The molecule has 0 saturated heterocycles. The van der Waals surface area contributed by atoms with E-state index in [1.165, 1.54) is 44.1 Å². The van der Waals surface area contributed by atoms with Gasteiger partial charge in [-0.25, -0.2) is 4.98 Å². The molecular formula is C22H26N2. The minimum absolute atomic E-state index is 0.391. The SMILES string of the molecule is c1ccc(C(Nc2ccccn2)C23CC4CC(CC(C4)C2)C3)cc1. The number of anilines is 1. The molecule has 4 aliphatic rings. The van der Waals surface area contributed by atoms with Crippen LogP contribution in [0.3, 0.4) is 0 Å². The van der Waals surface area contributed by atoms with E-state index in [-0.39, 0.29) is 0 Å². The molecule has 1 aromatic heterocycles. The van der Waals surface area contributed by atoms with Gasteiger partial charge in [-0.15, -0.1) is 0 Å². The molecule has 2 aromatic rings. The molecule has 2 heteroatoms. The number of hydrogen-bond acceptors (Lipinski definition) is 2. The van der Waals surface area contributed by atoms with Gasteiger partial charge in [0.25, 0.3) is 0 Å². The zero-order valence-electron chi connectivity index (χ0n) is 14.2. The number of nitrogens with zero attached hydrogens (tertiary/aromatic N) is 1. The number of benzene rings is 1. The van der Waals surface area contributed by atoms with Crippen LogP contribution in [0.25, 0.3) is 0 Å². The monoisotopic (exact) mass is 318 g/mol. The first-order valence-electron chi connectivity index (χ1n) is 9.53. The lowest BCUT2D eigenvalue weighted by atomic mass is 9.47. The molecule has 1 atom stereocenters. The van der Waals surface area contributed by atoms with Crippen LogP contribution in [0.1, 0.15) is 50.1 Å². The average Bonchev–Trinajstić information content (AvgIpc) is 2.60. The molecule has 1 aromatic carbocycles. The van der Waals surface area contributed by atoms with Crippen molar-refractivity contribution >= 4 is 5.82 Å². The molecule has 0 radical (unpaired) electrons. The molecule has 2 nitrogen and oxygen atoms in total. The second-order valence-corrected chi connectivity index (χ2v) is 8.48. The molecular weight excluding hydrogens is 292 g/mol. The van der Waals surface area contributed by atoms with Gasteiger partial charge < -0.3 is 5.32 Å². The molecule has 0 aliphatic heterocycles. The van der Waals surface area contributed by atoms with Crippen molar-refractivity contribution in [1.29, 1.82) is 0 Å². The van der Waals surface area contributed by atoms with Crippen LogP contribution in [-0.4, -0.2) is 4.98 Å². The van der Waals surface area contributed by atoms with Crippen molar-refractivity contribution in [3.05, 3.63) is 60.3 Å². The Hall–Kier alpha value is -1.83. The smallest absolute Gasteiger partial charge is 0.126 e. The van der Waals surface area contributed by atoms with Crippen LogP contribution in [0.4, 0.5) is 5.82 Å². The number of rotatable bonds is 4. The van der Waals surface area contributed by atoms with Crippen molar-refractivity contribution in [2.75, 3.05) is 5.32 Å². The summed E-state index contributed by atoms with van der Waals surface area (Å²) in [6.07, 6.45) is 10.6. The first kappa shape index (κ1) is 14.5. The van der Waals surface area contributed by atoms with Crippen molar-refractivity contribution in [3.8, 4) is 0 Å². The normalized spacial score (nSPS) is 34.9. The van der Waals surface area contributed by atoms with Crippen molar-refractivity contribution in [1.82, 2.24) is 4.98 Å². The molecule has 4 bridgehead atoms. The van der Waals surface area contributed by atoms with Crippen LogP contribution in [0, 0.1) is 23.2 Å². The van der Waals surface area contributed by atoms with Gasteiger partial charge in [0, 0.05) is 6.20 Å². The highest BCUT2D eigenvalue weighted by molar-refractivity contribution is 5.40. The molecule has 4 fully saturated rings. The highest BCUT2D eigenvalue weighted by Gasteiger charge is 2.54. The molecule has 0 amide bonds. The number of nitrogens with one attached hydrogen (secondary N) is 1. The first-order valence-corrected chi connectivity index (χ1v) is 9.53. The summed E-state index contributed by atoms with van der Waals surface area (Å²) in [6, 6.07) is 17.7. The fraction of sp³-hybridized carbons (Fsp3) is 0.500. The van der Waals surface area contributed by atoms with Crippen molar-refractivity contribution in [2.24, 2.45) is 23.2 Å². The quantitative estimate of drug-likeness (QED) is 0.810. The molecule has 1 heterocycles. The van der Waals surface area contributed by atoms with Crippen molar-refractivity contribution in [2.45, 2.75) is 44.6 Å². The molecule has 1 unspecified atom stereocenters. The molecule has 6 rings (SSSR count). The van der Waals surface area contributed by atoms with Gasteiger partial charge >= 0.3 is 0 Å². The van der Waals surface area contributed by atoms with E-state index < -0.39 is 0 Å². The van der Waals surface area contributed by atoms with Crippen LogP contribution in [0.2, 0.25) is 0 Å².